The van der Waals surface area contributed by atoms with Crippen molar-refractivity contribution in [2.75, 3.05) is 13.1 Å². The van der Waals surface area contributed by atoms with Gasteiger partial charge in [0.05, 0.1) is 0 Å². The molecule has 0 radical (unpaired) electrons. The van der Waals surface area contributed by atoms with Gasteiger partial charge in [0.15, 0.2) is 0 Å². The largest absolute Gasteiger partial charge is 0.416 e. The standard InChI is InChI=1S/C8H12N4O2/c13-8(12-4-2-1-3-5-12)14-7-6-9-11-10-7/h6H,1-5H2,(H,9,10,11). The molecule has 6 nitrogen and oxygen atoms in total. The number of aromatic nitrogens is 3. The monoisotopic (exact) mass is 196 g/mol. The van der Waals surface area contributed by atoms with Gasteiger partial charge in [0.2, 0.25) is 0 Å². The van der Waals surface area contributed by atoms with Crippen LogP contribution in [0.4, 0.5) is 4.79 Å². The van der Waals surface area contributed by atoms with Crippen molar-refractivity contribution in [3.05, 3.63) is 6.20 Å². The Kier molecular flexibility index (Phi) is 2.62. The maximum atomic E-state index is 11.5. The minimum absolute atomic E-state index is 0.223. The molecule has 1 aromatic heterocycles. The lowest BCUT2D eigenvalue weighted by Gasteiger charge is -2.24. The Morgan fingerprint density at radius 2 is 2.21 bits per heavy atom. The molecule has 1 fully saturated rings. The highest BCUT2D eigenvalue weighted by Gasteiger charge is 2.18. The minimum atomic E-state index is -0.335. The smallest absolute Gasteiger partial charge is 0.388 e. The lowest BCUT2D eigenvalue weighted by molar-refractivity contribution is 0.141. The third-order valence-corrected chi connectivity index (χ3v) is 2.20. The lowest BCUT2D eigenvalue weighted by Crippen LogP contribution is -2.37. The van der Waals surface area contributed by atoms with Gasteiger partial charge in [0.1, 0.15) is 6.20 Å². The van der Waals surface area contributed by atoms with E-state index in [0.29, 0.717) is 0 Å². The topological polar surface area (TPSA) is 71.1 Å². The summed E-state index contributed by atoms with van der Waals surface area (Å²) in [4.78, 5) is 13.2. The molecule has 1 aliphatic heterocycles. The molecule has 0 aliphatic carbocycles. The number of nitrogens with zero attached hydrogens (tertiary/aromatic N) is 3. The highest BCUT2D eigenvalue weighted by atomic mass is 16.6. The summed E-state index contributed by atoms with van der Waals surface area (Å²) in [6.07, 6.45) is 4.33. The van der Waals surface area contributed by atoms with E-state index >= 15 is 0 Å². The number of H-pyrrole nitrogens is 1. The van der Waals surface area contributed by atoms with Gasteiger partial charge in [-0.15, -0.1) is 5.10 Å². The van der Waals surface area contributed by atoms with E-state index in [2.05, 4.69) is 15.4 Å². The van der Waals surface area contributed by atoms with Crippen LogP contribution >= 0.6 is 0 Å². The summed E-state index contributed by atoms with van der Waals surface area (Å²) < 4.78 is 4.98. The average molecular weight is 196 g/mol. The second-order valence-electron chi connectivity index (χ2n) is 3.22. The molecule has 0 saturated carbocycles. The van der Waals surface area contributed by atoms with E-state index in [1.165, 1.54) is 12.6 Å². The zero-order valence-electron chi connectivity index (χ0n) is 7.77. The minimum Gasteiger partial charge on any atom is -0.388 e. The summed E-state index contributed by atoms with van der Waals surface area (Å²) in [6.45, 7) is 1.55. The van der Waals surface area contributed by atoms with Crippen molar-refractivity contribution in [2.24, 2.45) is 0 Å². The predicted octanol–water partition coefficient (Wildman–Crippen LogP) is 0.789. The first-order valence-electron chi connectivity index (χ1n) is 4.69. The molecule has 0 atom stereocenters. The highest BCUT2D eigenvalue weighted by Crippen LogP contribution is 2.11. The number of hydrogen-bond donors (Lipinski definition) is 1. The van der Waals surface area contributed by atoms with Gasteiger partial charge in [0.25, 0.3) is 5.88 Å². The summed E-state index contributed by atoms with van der Waals surface area (Å²) in [6, 6.07) is 0. The van der Waals surface area contributed by atoms with Gasteiger partial charge in [-0.3, -0.25) is 0 Å². The highest BCUT2D eigenvalue weighted by molar-refractivity contribution is 5.70. The Morgan fingerprint density at radius 3 is 2.86 bits per heavy atom. The molecule has 0 spiro atoms. The van der Waals surface area contributed by atoms with Gasteiger partial charge in [-0.25, -0.2) is 4.79 Å². The van der Waals surface area contributed by atoms with Crippen LogP contribution in [-0.2, 0) is 0 Å². The number of carbonyl (C=O) groups excluding carboxylic acids is 1. The number of likely N-dealkylation sites (tertiary alicyclic amines) is 1. The number of aromatic amines is 1. The van der Waals surface area contributed by atoms with Crippen LogP contribution in [-0.4, -0.2) is 39.5 Å². The predicted molar refractivity (Wildman–Crippen MR) is 47.8 cm³/mol. The molecule has 1 amide bonds. The molecule has 14 heavy (non-hydrogen) atoms. The van der Waals surface area contributed by atoms with Crippen LogP contribution in [0.5, 0.6) is 5.88 Å². The van der Waals surface area contributed by atoms with Crippen LogP contribution in [0.15, 0.2) is 6.20 Å². The fraction of sp³-hybridized carbons (Fsp3) is 0.625. The van der Waals surface area contributed by atoms with Crippen molar-refractivity contribution in [3.8, 4) is 5.88 Å². The van der Waals surface area contributed by atoms with Crippen LogP contribution < -0.4 is 4.74 Å². The number of rotatable bonds is 1. The number of ether oxygens (including phenoxy) is 1. The van der Waals surface area contributed by atoms with Crippen LogP contribution in [0.3, 0.4) is 0 Å². The van der Waals surface area contributed by atoms with Crippen LogP contribution in [0, 0.1) is 0 Å². The summed E-state index contributed by atoms with van der Waals surface area (Å²) in [7, 11) is 0. The first kappa shape index (κ1) is 8.98. The number of amides is 1. The quantitative estimate of drug-likeness (QED) is 0.720. The van der Waals surface area contributed by atoms with Gasteiger partial charge in [-0.1, -0.05) is 0 Å². The second-order valence-corrected chi connectivity index (χ2v) is 3.22. The van der Waals surface area contributed by atoms with Gasteiger partial charge in [0, 0.05) is 13.1 Å². The fourth-order valence-corrected chi connectivity index (χ4v) is 1.47. The average Bonchev–Trinajstić information content (AvgIpc) is 2.72. The Hall–Kier alpha value is -1.59. The number of nitrogens with one attached hydrogen (secondary N) is 1. The van der Waals surface area contributed by atoms with E-state index in [9.17, 15) is 4.79 Å². The molecular formula is C8H12N4O2. The van der Waals surface area contributed by atoms with E-state index in [-0.39, 0.29) is 12.0 Å². The normalized spacial score (nSPS) is 16.7. The van der Waals surface area contributed by atoms with Gasteiger partial charge in [-0.2, -0.15) is 10.3 Å². The van der Waals surface area contributed by atoms with E-state index in [0.717, 1.165) is 25.9 Å². The van der Waals surface area contributed by atoms with Crippen LogP contribution in [0.2, 0.25) is 0 Å². The van der Waals surface area contributed by atoms with Gasteiger partial charge < -0.3 is 9.64 Å². The molecule has 6 heteroatoms. The van der Waals surface area contributed by atoms with Crippen molar-refractivity contribution >= 4 is 6.09 Å². The summed E-state index contributed by atoms with van der Waals surface area (Å²) in [5, 5.41) is 9.58. The first-order valence-corrected chi connectivity index (χ1v) is 4.69. The second kappa shape index (κ2) is 4.08. The third kappa shape index (κ3) is 2.01. The van der Waals surface area contributed by atoms with E-state index in [4.69, 9.17) is 4.74 Å². The number of hydrogen-bond acceptors (Lipinski definition) is 4. The molecule has 76 valence electrons. The van der Waals surface area contributed by atoms with Gasteiger partial charge >= 0.3 is 6.09 Å². The van der Waals surface area contributed by atoms with Crippen molar-refractivity contribution in [2.45, 2.75) is 19.3 Å². The number of piperidine rings is 1. The van der Waals surface area contributed by atoms with Crippen molar-refractivity contribution in [1.29, 1.82) is 0 Å². The Bertz CT molecular complexity index is 292. The van der Waals surface area contributed by atoms with Crippen molar-refractivity contribution in [3.63, 3.8) is 0 Å². The van der Waals surface area contributed by atoms with E-state index in [1.54, 1.807) is 4.90 Å². The molecule has 0 aromatic carbocycles. The molecule has 1 N–H and O–H groups in total. The van der Waals surface area contributed by atoms with Crippen LogP contribution in [0.1, 0.15) is 19.3 Å². The van der Waals surface area contributed by atoms with Crippen LogP contribution in [0.25, 0.3) is 0 Å². The summed E-state index contributed by atoms with van der Waals surface area (Å²) in [5.74, 6) is 0.223. The lowest BCUT2D eigenvalue weighted by atomic mass is 10.1. The Morgan fingerprint density at radius 1 is 1.43 bits per heavy atom. The fourth-order valence-electron chi connectivity index (χ4n) is 1.47. The third-order valence-electron chi connectivity index (χ3n) is 2.20. The van der Waals surface area contributed by atoms with Crippen molar-refractivity contribution < 1.29 is 9.53 Å². The zero-order valence-corrected chi connectivity index (χ0v) is 7.77. The maximum absolute atomic E-state index is 11.5. The summed E-state index contributed by atoms with van der Waals surface area (Å²) >= 11 is 0. The molecule has 0 bridgehead atoms. The molecule has 1 aliphatic rings. The Labute approximate surface area is 81.2 Å². The van der Waals surface area contributed by atoms with E-state index in [1.807, 2.05) is 0 Å². The first-order chi connectivity index (χ1) is 6.86. The van der Waals surface area contributed by atoms with E-state index < -0.39 is 0 Å². The number of carbonyl (C=O) groups is 1. The molecule has 2 rings (SSSR count). The molecule has 1 saturated heterocycles. The zero-order chi connectivity index (χ0) is 9.80. The molecule has 2 heterocycles. The Balaban J connectivity index is 1.88. The molecule has 1 aromatic rings. The summed E-state index contributed by atoms with van der Waals surface area (Å²) in [5.41, 5.74) is 0. The SMILES string of the molecule is O=C(Oc1cn[nH]n1)N1CCCCC1. The molecule has 0 unspecified atom stereocenters. The van der Waals surface area contributed by atoms with Gasteiger partial charge in [-0.05, 0) is 19.3 Å². The van der Waals surface area contributed by atoms with Crippen molar-refractivity contribution in [1.82, 2.24) is 20.3 Å². The maximum Gasteiger partial charge on any atom is 0.416 e. The molecular weight excluding hydrogens is 184 g/mol.